The second-order valence-electron chi connectivity index (χ2n) is 5.24. The SMILES string of the molecule is O=[N+]([O-])c1c(NCC(F)(F)c2ccccc2)ccc2ccncc12. The summed E-state index contributed by atoms with van der Waals surface area (Å²) in [6, 6.07) is 12.0. The van der Waals surface area contributed by atoms with Crippen LogP contribution in [-0.4, -0.2) is 16.5 Å². The first kappa shape index (κ1) is 15.8. The molecule has 2 aromatic carbocycles. The molecule has 5 nitrogen and oxygen atoms in total. The third-order valence-corrected chi connectivity index (χ3v) is 3.67. The number of pyridine rings is 1. The zero-order valence-electron chi connectivity index (χ0n) is 12.4. The molecule has 0 spiro atoms. The highest BCUT2D eigenvalue weighted by molar-refractivity contribution is 5.95. The standard InChI is InChI=1S/C17H13F2N3O2/c18-17(19,13-4-2-1-3-5-13)11-21-15-7-6-12-8-9-20-10-14(12)16(15)22(23)24/h1-10,21H,11H2. The van der Waals surface area contributed by atoms with Crippen LogP contribution < -0.4 is 5.32 Å². The summed E-state index contributed by atoms with van der Waals surface area (Å²) in [7, 11) is 0. The van der Waals surface area contributed by atoms with Gasteiger partial charge in [0.25, 0.3) is 5.92 Å². The maximum absolute atomic E-state index is 14.2. The number of aromatic nitrogens is 1. The van der Waals surface area contributed by atoms with E-state index in [-0.39, 0.29) is 16.9 Å². The minimum Gasteiger partial charge on any atom is -0.373 e. The highest BCUT2D eigenvalue weighted by Gasteiger charge is 2.32. The average Bonchev–Trinajstić information content (AvgIpc) is 2.60. The van der Waals surface area contributed by atoms with Gasteiger partial charge in [-0.1, -0.05) is 36.4 Å². The van der Waals surface area contributed by atoms with Gasteiger partial charge in [-0.3, -0.25) is 15.1 Å². The van der Waals surface area contributed by atoms with Crippen LogP contribution in [0.1, 0.15) is 5.56 Å². The molecule has 3 rings (SSSR count). The lowest BCUT2D eigenvalue weighted by Gasteiger charge is -2.18. The van der Waals surface area contributed by atoms with Gasteiger partial charge in [-0.15, -0.1) is 0 Å². The number of hydrogen-bond donors (Lipinski definition) is 1. The molecule has 7 heteroatoms. The molecular formula is C17H13F2N3O2. The van der Waals surface area contributed by atoms with Crippen molar-refractivity contribution in [3.05, 3.63) is 76.6 Å². The van der Waals surface area contributed by atoms with Crippen molar-refractivity contribution in [1.82, 2.24) is 4.98 Å². The van der Waals surface area contributed by atoms with Crippen molar-refractivity contribution in [3.63, 3.8) is 0 Å². The number of rotatable bonds is 5. The zero-order valence-corrected chi connectivity index (χ0v) is 12.4. The Bertz CT molecular complexity index is 885. The minimum absolute atomic E-state index is 0.0381. The molecule has 0 fully saturated rings. The van der Waals surface area contributed by atoms with Crippen LogP contribution in [0.4, 0.5) is 20.2 Å². The zero-order chi connectivity index (χ0) is 17.2. The van der Waals surface area contributed by atoms with Crippen LogP contribution in [0.2, 0.25) is 0 Å². The number of benzene rings is 2. The summed E-state index contributed by atoms with van der Waals surface area (Å²) in [6.07, 6.45) is 2.87. The second kappa shape index (κ2) is 6.19. The Hall–Kier alpha value is -3.09. The van der Waals surface area contributed by atoms with Crippen molar-refractivity contribution in [2.24, 2.45) is 0 Å². The number of halogens is 2. The Morgan fingerprint density at radius 1 is 1.12 bits per heavy atom. The Kier molecular flexibility index (Phi) is 4.07. The first-order valence-electron chi connectivity index (χ1n) is 7.17. The fourth-order valence-electron chi connectivity index (χ4n) is 2.48. The monoisotopic (exact) mass is 329 g/mol. The van der Waals surface area contributed by atoms with Crippen molar-refractivity contribution in [2.45, 2.75) is 5.92 Å². The van der Waals surface area contributed by atoms with E-state index < -0.39 is 17.4 Å². The second-order valence-corrected chi connectivity index (χ2v) is 5.24. The van der Waals surface area contributed by atoms with Crippen LogP contribution in [0.15, 0.2) is 60.9 Å². The summed E-state index contributed by atoms with van der Waals surface area (Å²) in [6.45, 7) is -0.746. The third-order valence-electron chi connectivity index (χ3n) is 3.67. The van der Waals surface area contributed by atoms with Crippen LogP contribution in [0.25, 0.3) is 10.8 Å². The number of nitro groups is 1. The van der Waals surface area contributed by atoms with E-state index in [9.17, 15) is 18.9 Å². The van der Waals surface area contributed by atoms with Gasteiger partial charge in [0.05, 0.1) is 16.9 Å². The number of hydrogen-bond acceptors (Lipinski definition) is 4. The number of nitrogens with zero attached hydrogens (tertiary/aromatic N) is 2. The summed E-state index contributed by atoms with van der Waals surface area (Å²) in [4.78, 5) is 14.7. The summed E-state index contributed by atoms with van der Waals surface area (Å²) in [5.74, 6) is -3.15. The number of nitrogens with one attached hydrogen (secondary N) is 1. The van der Waals surface area contributed by atoms with Crippen molar-refractivity contribution in [1.29, 1.82) is 0 Å². The third kappa shape index (κ3) is 3.01. The van der Waals surface area contributed by atoms with Crippen LogP contribution in [-0.2, 0) is 5.92 Å². The number of fused-ring (bicyclic) bond motifs is 1. The van der Waals surface area contributed by atoms with Gasteiger partial charge in [-0.25, -0.2) is 0 Å². The summed E-state index contributed by atoms with van der Waals surface area (Å²) < 4.78 is 28.5. The molecule has 0 unspecified atom stereocenters. The van der Waals surface area contributed by atoms with Gasteiger partial charge >= 0.3 is 5.69 Å². The highest BCUT2D eigenvalue weighted by atomic mass is 19.3. The Morgan fingerprint density at radius 2 is 1.88 bits per heavy atom. The average molecular weight is 329 g/mol. The van der Waals surface area contributed by atoms with E-state index in [1.54, 1.807) is 18.2 Å². The lowest BCUT2D eigenvalue weighted by atomic mass is 10.1. The number of nitro benzene ring substituents is 1. The van der Waals surface area contributed by atoms with E-state index in [1.807, 2.05) is 0 Å². The largest absolute Gasteiger partial charge is 0.373 e. The van der Waals surface area contributed by atoms with E-state index in [0.29, 0.717) is 10.8 Å². The number of anilines is 1. The van der Waals surface area contributed by atoms with Crippen LogP contribution >= 0.6 is 0 Å². The molecule has 24 heavy (non-hydrogen) atoms. The molecule has 1 aromatic heterocycles. The predicted molar refractivity (Wildman–Crippen MR) is 87.2 cm³/mol. The molecule has 0 bridgehead atoms. The molecule has 0 amide bonds. The van der Waals surface area contributed by atoms with Crippen LogP contribution in [0.5, 0.6) is 0 Å². The predicted octanol–water partition coefficient (Wildman–Crippen LogP) is 4.35. The van der Waals surface area contributed by atoms with E-state index in [1.165, 1.54) is 42.7 Å². The quantitative estimate of drug-likeness (QED) is 0.558. The number of alkyl halides is 2. The van der Waals surface area contributed by atoms with E-state index in [0.717, 1.165) is 0 Å². The van der Waals surface area contributed by atoms with Gasteiger partial charge in [0.2, 0.25) is 0 Å². The molecule has 0 radical (unpaired) electrons. The molecule has 1 heterocycles. The van der Waals surface area contributed by atoms with Gasteiger partial charge in [0.1, 0.15) is 5.69 Å². The molecule has 3 aromatic rings. The fraction of sp³-hybridized carbons (Fsp3) is 0.118. The van der Waals surface area contributed by atoms with Crippen molar-refractivity contribution >= 4 is 22.1 Å². The molecule has 0 saturated carbocycles. The minimum atomic E-state index is -3.15. The maximum atomic E-state index is 14.2. The van der Waals surface area contributed by atoms with Gasteiger partial charge in [-0.2, -0.15) is 8.78 Å². The molecule has 0 saturated heterocycles. The molecule has 122 valence electrons. The maximum Gasteiger partial charge on any atom is 0.301 e. The van der Waals surface area contributed by atoms with Crippen molar-refractivity contribution < 1.29 is 13.7 Å². The molecule has 0 aliphatic heterocycles. The van der Waals surface area contributed by atoms with Gasteiger partial charge in [-0.05, 0) is 17.5 Å². The molecule has 0 aliphatic carbocycles. The summed E-state index contributed by atoms with van der Waals surface area (Å²) in [5.41, 5.74) is -0.372. The van der Waals surface area contributed by atoms with Crippen molar-refractivity contribution in [3.8, 4) is 0 Å². The normalized spacial score (nSPS) is 11.4. The van der Waals surface area contributed by atoms with E-state index in [4.69, 9.17) is 0 Å². The summed E-state index contributed by atoms with van der Waals surface area (Å²) >= 11 is 0. The van der Waals surface area contributed by atoms with Gasteiger partial charge in [0.15, 0.2) is 0 Å². The molecule has 0 atom stereocenters. The van der Waals surface area contributed by atoms with Crippen LogP contribution in [0, 0.1) is 10.1 Å². The molecule has 0 aliphatic rings. The van der Waals surface area contributed by atoms with Crippen molar-refractivity contribution in [2.75, 3.05) is 11.9 Å². The Morgan fingerprint density at radius 3 is 2.58 bits per heavy atom. The smallest absolute Gasteiger partial charge is 0.301 e. The van der Waals surface area contributed by atoms with Gasteiger partial charge < -0.3 is 5.32 Å². The van der Waals surface area contributed by atoms with Gasteiger partial charge in [0, 0.05) is 18.0 Å². The first-order valence-corrected chi connectivity index (χ1v) is 7.17. The highest BCUT2D eigenvalue weighted by Crippen LogP contribution is 2.35. The Balaban J connectivity index is 1.93. The van der Waals surface area contributed by atoms with Crippen LogP contribution in [0.3, 0.4) is 0 Å². The topological polar surface area (TPSA) is 68.1 Å². The molecule has 1 N–H and O–H groups in total. The molecular weight excluding hydrogens is 316 g/mol. The van der Waals surface area contributed by atoms with E-state index >= 15 is 0 Å². The Labute approximate surface area is 136 Å². The first-order chi connectivity index (χ1) is 11.5. The lowest BCUT2D eigenvalue weighted by Crippen LogP contribution is -2.25. The fourth-order valence-corrected chi connectivity index (χ4v) is 2.48. The summed E-state index contributed by atoms with van der Waals surface area (Å²) in [5, 5.41) is 14.8. The lowest BCUT2D eigenvalue weighted by molar-refractivity contribution is -0.382. The van der Waals surface area contributed by atoms with E-state index in [2.05, 4.69) is 10.3 Å².